The number of H-pyrrole nitrogens is 1. The molecule has 0 radical (unpaired) electrons. The van der Waals surface area contributed by atoms with Gasteiger partial charge in [-0.05, 0) is 26.1 Å². The zero-order valence-corrected chi connectivity index (χ0v) is 13.6. The smallest absolute Gasteiger partial charge is 0.258 e. The highest BCUT2D eigenvalue weighted by Gasteiger charge is 2.25. The summed E-state index contributed by atoms with van der Waals surface area (Å²) in [6, 6.07) is 7.47. The molecule has 1 atom stereocenters. The van der Waals surface area contributed by atoms with Gasteiger partial charge in [-0.1, -0.05) is 12.1 Å². The molecule has 3 rings (SSSR count). The Hall–Kier alpha value is -2.21. The number of fused-ring (bicyclic) bond motifs is 1. The fourth-order valence-electron chi connectivity index (χ4n) is 3.13. The summed E-state index contributed by atoms with van der Waals surface area (Å²) < 4.78 is 0. The highest BCUT2D eigenvalue weighted by atomic mass is 16.2. The van der Waals surface area contributed by atoms with Crippen LogP contribution in [0.1, 0.15) is 19.2 Å². The molecule has 122 valence electrons. The number of carbonyl (C=O) groups excluding carboxylic acids is 1. The minimum Gasteiger partial charge on any atom is -0.337 e. The second-order valence-corrected chi connectivity index (χ2v) is 6.23. The Bertz CT molecular complexity index is 771. The van der Waals surface area contributed by atoms with Gasteiger partial charge in [0, 0.05) is 38.5 Å². The molecule has 0 saturated carbocycles. The molecule has 1 aliphatic rings. The van der Waals surface area contributed by atoms with E-state index in [1.807, 2.05) is 23.1 Å². The predicted molar refractivity (Wildman–Crippen MR) is 89.4 cm³/mol. The Morgan fingerprint density at radius 2 is 2.13 bits per heavy atom. The highest BCUT2D eigenvalue weighted by Crippen LogP contribution is 2.11. The highest BCUT2D eigenvalue weighted by molar-refractivity contribution is 5.78. The maximum absolute atomic E-state index is 12.4. The zero-order chi connectivity index (χ0) is 16.4. The van der Waals surface area contributed by atoms with Gasteiger partial charge in [0.1, 0.15) is 5.82 Å². The number of aromatic amines is 1. The first kappa shape index (κ1) is 15.7. The molecular weight excluding hydrogens is 292 g/mol. The summed E-state index contributed by atoms with van der Waals surface area (Å²) in [7, 11) is 2.07. The van der Waals surface area contributed by atoms with Gasteiger partial charge < -0.3 is 14.8 Å². The molecular formula is C17H22N4O2. The molecule has 1 amide bonds. The largest absolute Gasteiger partial charge is 0.337 e. The van der Waals surface area contributed by atoms with Gasteiger partial charge in [-0.3, -0.25) is 9.59 Å². The number of nitrogens with zero attached hydrogens (tertiary/aromatic N) is 3. The summed E-state index contributed by atoms with van der Waals surface area (Å²) in [6.45, 7) is 4.64. The lowest BCUT2D eigenvalue weighted by atomic mass is 10.1. The molecule has 1 aromatic carbocycles. The SMILES string of the molecule is C[C@@H]1CN(C)CCN1C(=O)CCc1nc2ccccc2c(=O)[nH]1. The molecule has 2 aromatic rings. The summed E-state index contributed by atoms with van der Waals surface area (Å²) in [5, 5.41) is 0.579. The van der Waals surface area contributed by atoms with Crippen molar-refractivity contribution in [3.63, 3.8) is 0 Å². The molecule has 6 nitrogen and oxygen atoms in total. The van der Waals surface area contributed by atoms with Crippen LogP contribution in [0.3, 0.4) is 0 Å². The molecule has 1 N–H and O–H groups in total. The van der Waals surface area contributed by atoms with E-state index in [1.165, 1.54) is 0 Å². The number of aromatic nitrogens is 2. The van der Waals surface area contributed by atoms with E-state index in [-0.39, 0.29) is 17.5 Å². The van der Waals surface area contributed by atoms with E-state index < -0.39 is 0 Å². The molecule has 0 unspecified atom stereocenters. The van der Waals surface area contributed by atoms with E-state index in [2.05, 4.69) is 28.8 Å². The third kappa shape index (κ3) is 3.42. The lowest BCUT2D eigenvalue weighted by Gasteiger charge is -2.38. The summed E-state index contributed by atoms with van der Waals surface area (Å²) in [4.78, 5) is 35.9. The molecule has 1 fully saturated rings. The molecule has 0 bridgehead atoms. The van der Waals surface area contributed by atoms with E-state index in [0.717, 1.165) is 19.6 Å². The zero-order valence-electron chi connectivity index (χ0n) is 13.6. The molecule has 0 aliphatic carbocycles. The molecule has 2 heterocycles. The lowest BCUT2D eigenvalue weighted by molar-refractivity contribution is -0.135. The number of piperazine rings is 1. The van der Waals surface area contributed by atoms with Gasteiger partial charge in [0.2, 0.25) is 5.91 Å². The van der Waals surface area contributed by atoms with Gasteiger partial charge >= 0.3 is 0 Å². The Morgan fingerprint density at radius 3 is 2.91 bits per heavy atom. The van der Waals surface area contributed by atoms with Gasteiger partial charge in [-0.2, -0.15) is 0 Å². The lowest BCUT2D eigenvalue weighted by Crippen LogP contribution is -2.52. The van der Waals surface area contributed by atoms with Crippen LogP contribution in [0.4, 0.5) is 0 Å². The van der Waals surface area contributed by atoms with Crippen molar-refractivity contribution in [2.75, 3.05) is 26.7 Å². The van der Waals surface area contributed by atoms with Crippen LogP contribution in [0, 0.1) is 0 Å². The average molecular weight is 314 g/mol. The summed E-state index contributed by atoms with van der Waals surface area (Å²) >= 11 is 0. The van der Waals surface area contributed by atoms with Gasteiger partial charge in [0.25, 0.3) is 5.56 Å². The van der Waals surface area contributed by atoms with E-state index in [9.17, 15) is 9.59 Å². The van der Waals surface area contributed by atoms with Crippen LogP contribution in [0.2, 0.25) is 0 Å². The molecule has 1 aliphatic heterocycles. The van der Waals surface area contributed by atoms with Crippen LogP contribution in [0.5, 0.6) is 0 Å². The van der Waals surface area contributed by atoms with Gasteiger partial charge in [0.15, 0.2) is 0 Å². The Kier molecular flexibility index (Phi) is 4.43. The van der Waals surface area contributed by atoms with Crippen molar-refractivity contribution < 1.29 is 4.79 Å². The predicted octanol–water partition coefficient (Wildman–Crippen LogP) is 1.02. The van der Waals surface area contributed by atoms with Crippen molar-refractivity contribution in [3.05, 3.63) is 40.4 Å². The van der Waals surface area contributed by atoms with Crippen molar-refractivity contribution >= 4 is 16.8 Å². The molecule has 23 heavy (non-hydrogen) atoms. The monoisotopic (exact) mass is 314 g/mol. The van der Waals surface area contributed by atoms with Crippen molar-refractivity contribution in [1.82, 2.24) is 19.8 Å². The Balaban J connectivity index is 1.68. The third-order valence-electron chi connectivity index (χ3n) is 4.39. The first-order valence-corrected chi connectivity index (χ1v) is 8.00. The minimum atomic E-state index is -0.147. The second kappa shape index (κ2) is 6.50. The Morgan fingerprint density at radius 1 is 1.35 bits per heavy atom. The first-order chi connectivity index (χ1) is 11.0. The number of amides is 1. The van der Waals surface area contributed by atoms with Gasteiger partial charge in [-0.25, -0.2) is 4.98 Å². The number of hydrogen-bond acceptors (Lipinski definition) is 4. The van der Waals surface area contributed by atoms with Crippen LogP contribution in [0.25, 0.3) is 10.9 Å². The number of benzene rings is 1. The van der Waals surface area contributed by atoms with Crippen molar-refractivity contribution in [1.29, 1.82) is 0 Å². The van der Waals surface area contributed by atoms with E-state index in [4.69, 9.17) is 0 Å². The van der Waals surface area contributed by atoms with E-state index in [0.29, 0.717) is 29.6 Å². The molecule has 1 saturated heterocycles. The van der Waals surface area contributed by atoms with Crippen LogP contribution in [-0.4, -0.2) is 58.4 Å². The molecule has 1 aromatic heterocycles. The third-order valence-corrected chi connectivity index (χ3v) is 4.39. The van der Waals surface area contributed by atoms with Crippen LogP contribution in [-0.2, 0) is 11.2 Å². The van der Waals surface area contributed by atoms with Crippen molar-refractivity contribution in [2.24, 2.45) is 0 Å². The number of hydrogen-bond donors (Lipinski definition) is 1. The topological polar surface area (TPSA) is 69.3 Å². The average Bonchev–Trinajstić information content (AvgIpc) is 2.53. The number of nitrogens with one attached hydrogen (secondary N) is 1. The first-order valence-electron chi connectivity index (χ1n) is 8.00. The minimum absolute atomic E-state index is 0.126. The quantitative estimate of drug-likeness (QED) is 0.918. The fourth-order valence-corrected chi connectivity index (χ4v) is 3.13. The summed E-state index contributed by atoms with van der Waals surface area (Å²) in [5.74, 6) is 0.699. The summed E-state index contributed by atoms with van der Waals surface area (Å²) in [6.07, 6.45) is 0.827. The number of carbonyl (C=O) groups is 1. The maximum atomic E-state index is 12.4. The van der Waals surface area contributed by atoms with E-state index >= 15 is 0 Å². The summed E-state index contributed by atoms with van der Waals surface area (Å²) in [5.41, 5.74) is 0.526. The number of rotatable bonds is 3. The van der Waals surface area contributed by atoms with Crippen LogP contribution < -0.4 is 5.56 Å². The van der Waals surface area contributed by atoms with Crippen LogP contribution in [0.15, 0.2) is 29.1 Å². The number of aryl methyl sites for hydroxylation is 1. The van der Waals surface area contributed by atoms with E-state index in [1.54, 1.807) is 6.07 Å². The second-order valence-electron chi connectivity index (χ2n) is 6.23. The van der Waals surface area contributed by atoms with Crippen molar-refractivity contribution in [3.8, 4) is 0 Å². The number of para-hydroxylation sites is 1. The fraction of sp³-hybridized carbons (Fsp3) is 0.471. The van der Waals surface area contributed by atoms with Gasteiger partial charge in [0.05, 0.1) is 10.9 Å². The standard InChI is InChI=1S/C17H22N4O2/c1-12-11-20(2)9-10-21(12)16(22)8-7-15-18-14-6-4-3-5-13(14)17(23)19-15/h3-6,12H,7-11H2,1-2H3,(H,18,19,23)/t12-/m1/s1. The molecule has 0 spiro atoms. The van der Waals surface area contributed by atoms with Crippen LogP contribution >= 0.6 is 0 Å². The Labute approximate surface area is 135 Å². The normalized spacial score (nSPS) is 19.2. The van der Waals surface area contributed by atoms with Gasteiger partial charge in [-0.15, -0.1) is 0 Å². The molecule has 6 heteroatoms. The van der Waals surface area contributed by atoms with Crippen molar-refractivity contribution in [2.45, 2.75) is 25.8 Å². The number of likely N-dealkylation sites (N-methyl/N-ethyl adjacent to an activating group) is 1. The maximum Gasteiger partial charge on any atom is 0.258 e.